The van der Waals surface area contributed by atoms with Crippen LogP contribution in [0.5, 0.6) is 0 Å². The van der Waals surface area contributed by atoms with Gasteiger partial charge in [0.25, 0.3) is 11.6 Å². The Labute approximate surface area is 185 Å². The largest absolute Gasteiger partial charge is 0.350 e. The van der Waals surface area contributed by atoms with Crippen LogP contribution in [0.4, 0.5) is 5.69 Å². The van der Waals surface area contributed by atoms with E-state index in [2.05, 4.69) is 22.5 Å². The quantitative estimate of drug-likeness (QED) is 0.472. The summed E-state index contributed by atoms with van der Waals surface area (Å²) in [6.45, 7) is 2.02. The van der Waals surface area contributed by atoms with Crippen LogP contribution >= 0.6 is 0 Å². The number of nitrogens with one attached hydrogen (secondary N) is 1. The molecule has 1 fully saturated rings. The topological polar surface area (TPSA) is 107 Å². The summed E-state index contributed by atoms with van der Waals surface area (Å²) in [5.41, 5.74) is 0.640. The van der Waals surface area contributed by atoms with Crippen molar-refractivity contribution in [2.24, 2.45) is 0 Å². The molecule has 164 valence electrons. The summed E-state index contributed by atoms with van der Waals surface area (Å²) in [6, 6.07) is 17.5. The molecule has 0 bridgehead atoms. The first kappa shape index (κ1) is 21.4. The molecule has 0 unspecified atom stereocenters. The van der Waals surface area contributed by atoms with E-state index < -0.39 is 16.3 Å². The summed E-state index contributed by atoms with van der Waals surface area (Å²) in [5, 5.41) is 18.6. The molecule has 1 aromatic heterocycles. The van der Waals surface area contributed by atoms with Crippen LogP contribution in [0, 0.1) is 17.0 Å². The van der Waals surface area contributed by atoms with Crippen molar-refractivity contribution in [3.63, 3.8) is 0 Å². The van der Waals surface area contributed by atoms with E-state index in [9.17, 15) is 19.7 Å². The first-order chi connectivity index (χ1) is 15.4. The molecular formula is C24H24N4O4. The van der Waals surface area contributed by atoms with Crippen LogP contribution in [0.1, 0.15) is 47.4 Å². The zero-order chi connectivity index (χ0) is 22.7. The number of hydrogen-bond donors (Lipinski definition) is 1. The predicted octanol–water partition coefficient (Wildman–Crippen LogP) is 3.69. The lowest BCUT2D eigenvalue weighted by Crippen LogP contribution is -2.41. The van der Waals surface area contributed by atoms with Gasteiger partial charge in [0.05, 0.1) is 4.92 Å². The molecule has 0 aliphatic heterocycles. The standard InChI is InChI=1S/C24H24N4O4/c1-17-15-21(29)22(26-27(17)19-11-5-6-12-20(19)28(31)32)23(30)25-16-24(13-7-8-14-24)18-9-3-2-4-10-18/h2-6,9-12,15H,7-8,13-14,16H2,1H3,(H,25,30). The zero-order valence-corrected chi connectivity index (χ0v) is 17.8. The minimum atomic E-state index is -0.579. The van der Waals surface area contributed by atoms with Crippen LogP contribution < -0.4 is 10.7 Å². The lowest BCUT2D eigenvalue weighted by atomic mass is 9.79. The van der Waals surface area contributed by atoms with Gasteiger partial charge in [0.2, 0.25) is 5.43 Å². The number of rotatable bonds is 6. The number of para-hydroxylation sites is 2. The smallest absolute Gasteiger partial charge is 0.294 e. The number of carbonyl (C=O) groups is 1. The average molecular weight is 432 g/mol. The molecule has 0 atom stereocenters. The Balaban J connectivity index is 1.64. The van der Waals surface area contributed by atoms with Crippen LogP contribution in [-0.4, -0.2) is 27.2 Å². The molecule has 0 radical (unpaired) electrons. The van der Waals surface area contributed by atoms with Gasteiger partial charge in [-0.2, -0.15) is 5.10 Å². The second kappa shape index (κ2) is 8.74. The van der Waals surface area contributed by atoms with Gasteiger partial charge >= 0.3 is 0 Å². The maximum Gasteiger partial charge on any atom is 0.294 e. The zero-order valence-electron chi connectivity index (χ0n) is 17.8. The molecule has 1 heterocycles. The molecule has 1 saturated carbocycles. The highest BCUT2D eigenvalue weighted by Gasteiger charge is 2.36. The van der Waals surface area contributed by atoms with Crippen molar-refractivity contribution in [3.05, 3.63) is 98.0 Å². The van der Waals surface area contributed by atoms with Crippen LogP contribution in [0.15, 0.2) is 65.5 Å². The molecule has 1 aliphatic carbocycles. The molecule has 1 aliphatic rings. The van der Waals surface area contributed by atoms with E-state index in [0.29, 0.717) is 12.2 Å². The van der Waals surface area contributed by atoms with Crippen molar-refractivity contribution >= 4 is 11.6 Å². The van der Waals surface area contributed by atoms with Gasteiger partial charge in [-0.25, -0.2) is 4.68 Å². The SMILES string of the molecule is Cc1cc(=O)c(C(=O)NCC2(c3ccccc3)CCCC2)nn1-c1ccccc1[N+](=O)[O-]. The Kier molecular flexibility index (Phi) is 5.85. The monoisotopic (exact) mass is 432 g/mol. The van der Waals surface area contributed by atoms with Gasteiger partial charge in [0.15, 0.2) is 5.69 Å². The number of nitrogens with zero attached hydrogens (tertiary/aromatic N) is 3. The van der Waals surface area contributed by atoms with E-state index in [1.54, 1.807) is 19.1 Å². The average Bonchev–Trinajstić information content (AvgIpc) is 3.28. The maximum absolute atomic E-state index is 13.0. The molecule has 1 N–H and O–H groups in total. The minimum absolute atomic E-state index is 0.160. The van der Waals surface area contributed by atoms with E-state index in [-0.39, 0.29) is 22.5 Å². The van der Waals surface area contributed by atoms with Crippen LogP contribution in [0.2, 0.25) is 0 Å². The fourth-order valence-corrected chi connectivity index (χ4v) is 4.49. The summed E-state index contributed by atoms with van der Waals surface area (Å²) in [5.74, 6) is -0.579. The van der Waals surface area contributed by atoms with Crippen molar-refractivity contribution in [1.29, 1.82) is 0 Å². The van der Waals surface area contributed by atoms with Crippen LogP contribution in [-0.2, 0) is 5.41 Å². The van der Waals surface area contributed by atoms with Gasteiger partial charge in [-0.1, -0.05) is 55.3 Å². The predicted molar refractivity (Wildman–Crippen MR) is 120 cm³/mol. The number of amides is 1. The molecular weight excluding hydrogens is 408 g/mol. The van der Waals surface area contributed by atoms with Crippen molar-refractivity contribution in [1.82, 2.24) is 15.1 Å². The minimum Gasteiger partial charge on any atom is -0.350 e. The maximum atomic E-state index is 13.0. The Morgan fingerprint density at radius 1 is 1.12 bits per heavy atom. The van der Waals surface area contributed by atoms with Gasteiger partial charge in [-0.3, -0.25) is 19.7 Å². The van der Waals surface area contributed by atoms with E-state index in [1.807, 2.05) is 18.2 Å². The van der Waals surface area contributed by atoms with Crippen molar-refractivity contribution in [2.45, 2.75) is 38.0 Å². The molecule has 3 aromatic rings. The number of carbonyl (C=O) groups excluding carboxylic acids is 1. The van der Waals surface area contributed by atoms with Gasteiger partial charge in [-0.05, 0) is 31.4 Å². The second-order valence-electron chi connectivity index (χ2n) is 8.19. The Morgan fingerprint density at radius 2 is 1.78 bits per heavy atom. The highest BCUT2D eigenvalue weighted by atomic mass is 16.6. The third kappa shape index (κ3) is 4.03. The number of aryl methyl sites for hydroxylation is 1. The summed E-state index contributed by atoms with van der Waals surface area (Å²) >= 11 is 0. The van der Waals surface area contributed by atoms with Gasteiger partial charge in [0, 0.05) is 29.8 Å². The van der Waals surface area contributed by atoms with Gasteiger partial charge in [-0.15, -0.1) is 0 Å². The first-order valence-electron chi connectivity index (χ1n) is 10.6. The van der Waals surface area contributed by atoms with E-state index in [1.165, 1.54) is 28.4 Å². The van der Waals surface area contributed by atoms with E-state index in [4.69, 9.17) is 0 Å². The fraction of sp³-hybridized carbons (Fsp3) is 0.292. The summed E-state index contributed by atoms with van der Waals surface area (Å²) in [6.07, 6.45) is 4.08. The normalized spacial score (nSPS) is 14.8. The third-order valence-electron chi connectivity index (χ3n) is 6.16. The molecule has 8 nitrogen and oxygen atoms in total. The highest BCUT2D eigenvalue weighted by molar-refractivity contribution is 5.92. The third-order valence-corrected chi connectivity index (χ3v) is 6.16. The van der Waals surface area contributed by atoms with E-state index >= 15 is 0 Å². The highest BCUT2D eigenvalue weighted by Crippen LogP contribution is 2.40. The summed E-state index contributed by atoms with van der Waals surface area (Å²) < 4.78 is 1.27. The number of nitro benzene ring substituents is 1. The Hall–Kier alpha value is -3.81. The second-order valence-corrected chi connectivity index (χ2v) is 8.19. The van der Waals surface area contributed by atoms with Crippen molar-refractivity contribution < 1.29 is 9.72 Å². The van der Waals surface area contributed by atoms with Crippen LogP contribution in [0.3, 0.4) is 0 Å². The number of aromatic nitrogens is 2. The molecule has 32 heavy (non-hydrogen) atoms. The summed E-state index contributed by atoms with van der Waals surface area (Å²) in [7, 11) is 0. The number of hydrogen-bond acceptors (Lipinski definition) is 5. The Morgan fingerprint density at radius 3 is 2.47 bits per heavy atom. The molecule has 1 amide bonds. The summed E-state index contributed by atoms with van der Waals surface area (Å²) in [4.78, 5) is 36.5. The lowest BCUT2D eigenvalue weighted by molar-refractivity contribution is -0.384. The molecule has 8 heteroatoms. The lowest BCUT2D eigenvalue weighted by Gasteiger charge is -2.30. The van der Waals surface area contributed by atoms with Crippen molar-refractivity contribution in [3.8, 4) is 5.69 Å². The fourth-order valence-electron chi connectivity index (χ4n) is 4.49. The molecule has 4 rings (SSSR count). The Bertz CT molecular complexity index is 1210. The van der Waals surface area contributed by atoms with Crippen LogP contribution in [0.25, 0.3) is 5.69 Å². The van der Waals surface area contributed by atoms with E-state index in [0.717, 1.165) is 25.7 Å². The first-order valence-corrected chi connectivity index (χ1v) is 10.6. The van der Waals surface area contributed by atoms with Gasteiger partial charge in [0.1, 0.15) is 5.69 Å². The van der Waals surface area contributed by atoms with Crippen molar-refractivity contribution in [2.75, 3.05) is 6.54 Å². The number of nitro groups is 1. The number of benzene rings is 2. The van der Waals surface area contributed by atoms with Gasteiger partial charge < -0.3 is 5.32 Å². The molecule has 0 saturated heterocycles. The molecule has 2 aromatic carbocycles. The molecule has 0 spiro atoms.